The minimum absolute atomic E-state index is 0.424. The van der Waals surface area contributed by atoms with Crippen molar-refractivity contribution in [1.82, 2.24) is 0 Å². The zero-order valence-corrected chi connectivity index (χ0v) is 22.3. The molecule has 0 aromatic carbocycles. The van der Waals surface area contributed by atoms with E-state index in [9.17, 15) is 10.2 Å². The van der Waals surface area contributed by atoms with Gasteiger partial charge in [-0.15, -0.1) is 0 Å². The number of hydrogen-bond donors (Lipinski definition) is 2. The molecule has 0 heterocycles. The van der Waals surface area contributed by atoms with E-state index in [1.807, 2.05) is 0 Å². The molecule has 2 nitrogen and oxygen atoms in total. The van der Waals surface area contributed by atoms with E-state index < -0.39 is 11.2 Å². The van der Waals surface area contributed by atoms with Crippen LogP contribution in [0.1, 0.15) is 131 Å². The fourth-order valence-electron chi connectivity index (χ4n) is 9.83. The van der Waals surface area contributed by atoms with Crippen LogP contribution in [-0.2, 0) is 0 Å². The Labute approximate surface area is 199 Å². The van der Waals surface area contributed by atoms with Crippen molar-refractivity contribution in [2.75, 3.05) is 0 Å². The van der Waals surface area contributed by atoms with Crippen molar-refractivity contribution < 1.29 is 10.2 Å². The van der Waals surface area contributed by atoms with Crippen LogP contribution in [0.2, 0.25) is 0 Å². The zero-order chi connectivity index (χ0) is 23.4. The molecule has 2 heteroatoms. The SMILES string of the molecule is CCCC[C@](C)(O)CC[C@@H](C)C1CC[C@H]2[C@@H]3CC[C@H]4C[C@@](C)(O)CC[C@]4(C)[C@H]3CC[C@]12C. The van der Waals surface area contributed by atoms with Crippen molar-refractivity contribution in [3.63, 3.8) is 0 Å². The van der Waals surface area contributed by atoms with Crippen molar-refractivity contribution in [3.05, 3.63) is 0 Å². The summed E-state index contributed by atoms with van der Waals surface area (Å²) in [6, 6.07) is 0. The highest BCUT2D eigenvalue weighted by atomic mass is 16.3. The van der Waals surface area contributed by atoms with E-state index >= 15 is 0 Å². The molecule has 4 aliphatic carbocycles. The van der Waals surface area contributed by atoms with Gasteiger partial charge in [0.25, 0.3) is 0 Å². The highest BCUT2D eigenvalue weighted by molar-refractivity contribution is 5.10. The number of aliphatic hydroxyl groups is 2. The third-order valence-corrected chi connectivity index (χ3v) is 11.9. The molecule has 0 bridgehead atoms. The van der Waals surface area contributed by atoms with Gasteiger partial charge < -0.3 is 10.2 Å². The van der Waals surface area contributed by atoms with Crippen LogP contribution in [0.5, 0.6) is 0 Å². The lowest BCUT2D eigenvalue weighted by Gasteiger charge is -2.62. The maximum atomic E-state index is 10.8. The van der Waals surface area contributed by atoms with E-state index in [1.165, 1.54) is 57.8 Å². The normalized spacial score (nSPS) is 48.9. The van der Waals surface area contributed by atoms with Crippen LogP contribution in [0.15, 0.2) is 0 Å². The molecule has 4 rings (SSSR count). The molecule has 186 valence electrons. The molecule has 1 unspecified atom stereocenters. The van der Waals surface area contributed by atoms with E-state index in [0.717, 1.165) is 67.6 Å². The first-order valence-corrected chi connectivity index (χ1v) is 14.4. The van der Waals surface area contributed by atoms with Crippen LogP contribution in [0, 0.1) is 46.3 Å². The third kappa shape index (κ3) is 4.46. The molecule has 4 fully saturated rings. The minimum Gasteiger partial charge on any atom is -0.390 e. The van der Waals surface area contributed by atoms with Crippen LogP contribution in [0.4, 0.5) is 0 Å². The fourth-order valence-corrected chi connectivity index (χ4v) is 9.83. The molecule has 0 spiro atoms. The van der Waals surface area contributed by atoms with E-state index in [2.05, 4.69) is 41.5 Å². The lowest BCUT2D eigenvalue weighted by molar-refractivity contribution is -0.148. The molecular weight excluding hydrogens is 392 g/mol. The highest BCUT2D eigenvalue weighted by Gasteiger charge is 2.61. The van der Waals surface area contributed by atoms with E-state index in [-0.39, 0.29) is 0 Å². The predicted molar refractivity (Wildman–Crippen MR) is 134 cm³/mol. The van der Waals surface area contributed by atoms with Crippen molar-refractivity contribution in [2.45, 2.75) is 143 Å². The van der Waals surface area contributed by atoms with Crippen LogP contribution in [0.3, 0.4) is 0 Å². The van der Waals surface area contributed by atoms with Crippen LogP contribution >= 0.6 is 0 Å². The largest absolute Gasteiger partial charge is 0.390 e. The van der Waals surface area contributed by atoms with Crippen LogP contribution < -0.4 is 0 Å². The van der Waals surface area contributed by atoms with Gasteiger partial charge in [-0.25, -0.2) is 0 Å². The first-order valence-electron chi connectivity index (χ1n) is 14.4. The summed E-state index contributed by atoms with van der Waals surface area (Å²) >= 11 is 0. The molecule has 0 saturated heterocycles. The van der Waals surface area contributed by atoms with Gasteiger partial charge in [0.05, 0.1) is 11.2 Å². The summed E-state index contributed by atoms with van der Waals surface area (Å²) in [5, 5.41) is 21.6. The molecule has 4 aliphatic rings. The van der Waals surface area contributed by atoms with Gasteiger partial charge in [0, 0.05) is 0 Å². The maximum Gasteiger partial charge on any atom is 0.0622 e. The maximum absolute atomic E-state index is 10.8. The molecule has 4 saturated carbocycles. The second kappa shape index (κ2) is 8.85. The predicted octanol–water partition coefficient (Wildman–Crippen LogP) is 7.75. The average molecular weight is 447 g/mol. The Bertz CT molecular complexity index is 653. The van der Waals surface area contributed by atoms with Gasteiger partial charge in [0.1, 0.15) is 0 Å². The molecule has 32 heavy (non-hydrogen) atoms. The molecule has 0 radical (unpaired) electrons. The first kappa shape index (κ1) is 25.0. The van der Waals surface area contributed by atoms with E-state index in [4.69, 9.17) is 0 Å². The second-order valence-corrected chi connectivity index (χ2v) is 14.2. The second-order valence-electron chi connectivity index (χ2n) is 14.2. The third-order valence-electron chi connectivity index (χ3n) is 11.9. The lowest BCUT2D eigenvalue weighted by atomic mass is 9.43. The molecule has 10 atom stereocenters. The standard InChI is InChI=1S/C30H54O2/c1-7-8-15-27(3,31)16-13-21(2)24-11-12-25-23-10-9-22-20-28(4,32)18-19-29(22,5)26(23)14-17-30(24,25)6/h21-26,31-32H,7-20H2,1-6H3/t21-,22+,23+,24?,25+,26+,27+,28+,29+,30-/m1/s1. The summed E-state index contributed by atoms with van der Waals surface area (Å²) in [5.41, 5.74) is 0.0792. The lowest BCUT2D eigenvalue weighted by Crippen LogP contribution is -2.55. The summed E-state index contributed by atoms with van der Waals surface area (Å²) in [6.07, 6.45) is 17.2. The van der Waals surface area contributed by atoms with Crippen molar-refractivity contribution >= 4 is 0 Å². The van der Waals surface area contributed by atoms with Gasteiger partial charge in [0.2, 0.25) is 0 Å². The molecule has 0 aromatic heterocycles. The average Bonchev–Trinajstić information content (AvgIpc) is 3.08. The van der Waals surface area contributed by atoms with Crippen molar-refractivity contribution in [1.29, 1.82) is 0 Å². The summed E-state index contributed by atoms with van der Waals surface area (Å²) in [7, 11) is 0. The zero-order valence-electron chi connectivity index (χ0n) is 22.3. The van der Waals surface area contributed by atoms with Gasteiger partial charge in [-0.05, 0) is 137 Å². The quantitative estimate of drug-likeness (QED) is 0.419. The summed E-state index contributed by atoms with van der Waals surface area (Å²) in [5.74, 6) is 5.02. The van der Waals surface area contributed by atoms with Crippen LogP contribution in [0.25, 0.3) is 0 Å². The van der Waals surface area contributed by atoms with Gasteiger partial charge in [-0.2, -0.15) is 0 Å². The van der Waals surface area contributed by atoms with Crippen molar-refractivity contribution in [3.8, 4) is 0 Å². The summed E-state index contributed by atoms with van der Waals surface area (Å²) in [4.78, 5) is 0. The Balaban J connectivity index is 1.43. The van der Waals surface area contributed by atoms with E-state index in [0.29, 0.717) is 10.8 Å². The molecule has 0 amide bonds. The van der Waals surface area contributed by atoms with E-state index in [1.54, 1.807) is 0 Å². The van der Waals surface area contributed by atoms with Gasteiger partial charge in [-0.3, -0.25) is 0 Å². The Morgan fingerprint density at radius 2 is 1.62 bits per heavy atom. The number of unbranched alkanes of at least 4 members (excludes halogenated alkanes) is 1. The Morgan fingerprint density at radius 3 is 2.34 bits per heavy atom. The number of fused-ring (bicyclic) bond motifs is 5. The number of rotatable bonds is 7. The fraction of sp³-hybridized carbons (Fsp3) is 1.00. The van der Waals surface area contributed by atoms with Gasteiger partial charge >= 0.3 is 0 Å². The summed E-state index contributed by atoms with van der Waals surface area (Å²) in [6.45, 7) is 14.1. The Kier molecular flexibility index (Phi) is 6.92. The molecule has 0 aromatic rings. The summed E-state index contributed by atoms with van der Waals surface area (Å²) < 4.78 is 0. The molecule has 2 N–H and O–H groups in total. The van der Waals surface area contributed by atoms with Gasteiger partial charge in [-0.1, -0.05) is 40.5 Å². The minimum atomic E-state index is -0.476. The molecular formula is C30H54O2. The van der Waals surface area contributed by atoms with Crippen molar-refractivity contribution in [2.24, 2.45) is 46.3 Å². The Morgan fingerprint density at radius 1 is 0.906 bits per heavy atom. The van der Waals surface area contributed by atoms with Crippen LogP contribution in [-0.4, -0.2) is 21.4 Å². The molecule has 0 aliphatic heterocycles. The van der Waals surface area contributed by atoms with Gasteiger partial charge in [0.15, 0.2) is 0 Å². The smallest absolute Gasteiger partial charge is 0.0622 e. The monoisotopic (exact) mass is 446 g/mol. The Hall–Kier alpha value is -0.0800. The topological polar surface area (TPSA) is 40.5 Å². The highest BCUT2D eigenvalue weighted by Crippen LogP contribution is 2.68. The first-order chi connectivity index (χ1) is 14.9. The number of hydrogen-bond acceptors (Lipinski definition) is 2.